The average Bonchev–Trinajstić information content (AvgIpc) is 3.19. The Morgan fingerprint density at radius 1 is 0.305 bits per heavy atom. The fourth-order valence-corrected chi connectivity index (χ4v) is 7.11. The summed E-state index contributed by atoms with van der Waals surface area (Å²) < 4.78 is 23.8. The summed E-state index contributed by atoms with van der Waals surface area (Å²) >= 11 is 0. The number of halogens is 4. The van der Waals surface area contributed by atoms with Crippen LogP contribution in [0.4, 0.5) is 0 Å². The largest absolute Gasteiger partial charge is 0.379 e. The highest BCUT2D eigenvalue weighted by molar-refractivity contribution is 5.86. The third-order valence-corrected chi connectivity index (χ3v) is 10.6. The number of hydrogen-bond donors (Lipinski definition) is 4. The number of nitrogens with one attached hydrogen (secondary N) is 4. The molecule has 0 amide bonds. The van der Waals surface area contributed by atoms with Crippen molar-refractivity contribution in [2.75, 3.05) is 92.0 Å². The molecule has 2 unspecified atom stereocenters. The van der Waals surface area contributed by atoms with E-state index in [1.165, 1.54) is 154 Å². The first kappa shape index (κ1) is 68.9. The molecule has 0 radical (unpaired) electrons. The van der Waals surface area contributed by atoms with E-state index in [4.69, 9.17) is 18.9 Å². The first-order valence-electron chi connectivity index (χ1n) is 24.5. The topological polar surface area (TPSA) is 85.0 Å². The zero-order valence-corrected chi connectivity index (χ0v) is 42.7. The van der Waals surface area contributed by atoms with Crippen LogP contribution in [-0.4, -0.2) is 104 Å². The number of hydrogen-bond acceptors (Lipinski definition) is 8. The molecule has 0 saturated heterocycles. The minimum absolute atomic E-state index is 0. The molecule has 0 spiro atoms. The van der Waals surface area contributed by atoms with Gasteiger partial charge in [0.25, 0.3) is 0 Å². The van der Waals surface area contributed by atoms with E-state index in [2.05, 4.69) is 49.0 Å². The standard InChI is InChI=1S/C47H100N4O4.4ClH/c1-5-9-11-13-15-17-19-21-23-25-27-29-40-52-44-46(54-7-3)42-50-38-32-36-48-34-31-35-49-37-33-39-51-43-47(55-8-4)45-53-41-30-28-26-24-22-20-18-16-14-12-10-6-2;;;;/h46-51H,5-45H2,1-4H3;4*1H. The van der Waals surface area contributed by atoms with Crippen molar-refractivity contribution in [3.05, 3.63) is 0 Å². The number of rotatable bonds is 50. The summed E-state index contributed by atoms with van der Waals surface area (Å²) in [6.07, 6.45) is 36.8. The van der Waals surface area contributed by atoms with Crippen molar-refractivity contribution in [1.82, 2.24) is 21.3 Å². The molecule has 0 aliphatic heterocycles. The van der Waals surface area contributed by atoms with Crippen LogP contribution in [0.5, 0.6) is 0 Å². The maximum atomic E-state index is 5.97. The van der Waals surface area contributed by atoms with E-state index in [9.17, 15) is 0 Å². The monoisotopic (exact) mass is 929 g/mol. The van der Waals surface area contributed by atoms with E-state index in [0.29, 0.717) is 13.2 Å². The van der Waals surface area contributed by atoms with Crippen molar-refractivity contribution >= 4 is 49.6 Å². The molecular weight excluding hydrogens is 826 g/mol. The molecule has 0 aromatic carbocycles. The summed E-state index contributed by atoms with van der Waals surface area (Å²) in [5.74, 6) is 0. The zero-order chi connectivity index (χ0) is 39.8. The van der Waals surface area contributed by atoms with Crippen molar-refractivity contribution in [2.24, 2.45) is 0 Å². The Morgan fingerprint density at radius 2 is 0.559 bits per heavy atom. The van der Waals surface area contributed by atoms with Gasteiger partial charge in [0.15, 0.2) is 0 Å². The van der Waals surface area contributed by atoms with Crippen LogP contribution in [0, 0.1) is 0 Å². The summed E-state index contributed by atoms with van der Waals surface area (Å²) in [7, 11) is 0. The summed E-state index contributed by atoms with van der Waals surface area (Å²) in [5, 5.41) is 14.3. The van der Waals surface area contributed by atoms with Gasteiger partial charge < -0.3 is 40.2 Å². The summed E-state index contributed by atoms with van der Waals surface area (Å²) in [4.78, 5) is 0. The van der Waals surface area contributed by atoms with Gasteiger partial charge in [-0.05, 0) is 85.2 Å². The fourth-order valence-electron chi connectivity index (χ4n) is 7.11. The molecule has 0 rings (SSSR count). The van der Waals surface area contributed by atoms with Crippen LogP contribution in [0.15, 0.2) is 0 Å². The van der Waals surface area contributed by atoms with E-state index < -0.39 is 0 Å². The number of unbranched alkanes of at least 4 members (excludes halogenated alkanes) is 22. The normalized spacial score (nSPS) is 12.0. The molecular formula is C47H104Cl4N4O4. The molecule has 0 heterocycles. The number of ether oxygens (including phenoxy) is 4. The Kier molecular flexibility index (Phi) is 73.7. The van der Waals surface area contributed by atoms with Gasteiger partial charge in [-0.1, -0.05) is 155 Å². The molecule has 0 saturated carbocycles. The summed E-state index contributed by atoms with van der Waals surface area (Å²) in [6.45, 7) is 21.3. The van der Waals surface area contributed by atoms with Crippen LogP contribution < -0.4 is 21.3 Å². The molecule has 364 valence electrons. The van der Waals surface area contributed by atoms with Crippen LogP contribution in [-0.2, 0) is 18.9 Å². The molecule has 59 heavy (non-hydrogen) atoms. The van der Waals surface area contributed by atoms with Crippen molar-refractivity contribution in [3.63, 3.8) is 0 Å². The van der Waals surface area contributed by atoms with Crippen molar-refractivity contribution in [3.8, 4) is 0 Å². The second-order valence-electron chi connectivity index (χ2n) is 16.1. The zero-order valence-electron chi connectivity index (χ0n) is 39.4. The van der Waals surface area contributed by atoms with E-state index in [1.54, 1.807) is 0 Å². The van der Waals surface area contributed by atoms with Gasteiger partial charge in [0.2, 0.25) is 0 Å². The highest BCUT2D eigenvalue weighted by atomic mass is 35.5. The highest BCUT2D eigenvalue weighted by Crippen LogP contribution is 2.13. The molecule has 0 fully saturated rings. The van der Waals surface area contributed by atoms with Gasteiger partial charge in [-0.3, -0.25) is 0 Å². The van der Waals surface area contributed by atoms with Crippen LogP contribution in [0.1, 0.15) is 201 Å². The van der Waals surface area contributed by atoms with Gasteiger partial charge in [-0.25, -0.2) is 0 Å². The van der Waals surface area contributed by atoms with Gasteiger partial charge in [-0.15, -0.1) is 49.6 Å². The Balaban J connectivity index is -0.00000243. The van der Waals surface area contributed by atoms with E-state index in [0.717, 1.165) is 98.0 Å². The van der Waals surface area contributed by atoms with Gasteiger partial charge in [0, 0.05) is 39.5 Å². The van der Waals surface area contributed by atoms with Crippen molar-refractivity contribution in [2.45, 2.75) is 213 Å². The smallest absolute Gasteiger partial charge is 0.0932 e. The average molecular weight is 931 g/mol. The summed E-state index contributed by atoms with van der Waals surface area (Å²) in [5.41, 5.74) is 0. The maximum absolute atomic E-state index is 5.97. The Bertz CT molecular complexity index is 644. The third-order valence-electron chi connectivity index (χ3n) is 10.6. The van der Waals surface area contributed by atoms with Crippen LogP contribution in [0.25, 0.3) is 0 Å². The Morgan fingerprint density at radius 3 is 0.831 bits per heavy atom. The molecule has 0 aliphatic rings. The molecule has 4 N–H and O–H groups in total. The first-order valence-corrected chi connectivity index (χ1v) is 24.5. The van der Waals surface area contributed by atoms with Gasteiger partial charge >= 0.3 is 0 Å². The minimum atomic E-state index is 0. The van der Waals surface area contributed by atoms with E-state index in [1.807, 2.05) is 0 Å². The summed E-state index contributed by atoms with van der Waals surface area (Å²) in [6, 6.07) is 0. The van der Waals surface area contributed by atoms with E-state index in [-0.39, 0.29) is 61.8 Å². The minimum Gasteiger partial charge on any atom is -0.379 e. The lowest BCUT2D eigenvalue weighted by atomic mass is 10.1. The third kappa shape index (κ3) is 58.8. The molecule has 12 heteroatoms. The second kappa shape index (κ2) is 63.1. The van der Waals surface area contributed by atoms with E-state index >= 15 is 0 Å². The van der Waals surface area contributed by atoms with Gasteiger partial charge in [0.1, 0.15) is 0 Å². The molecule has 8 nitrogen and oxygen atoms in total. The lowest BCUT2D eigenvalue weighted by Gasteiger charge is -2.18. The highest BCUT2D eigenvalue weighted by Gasteiger charge is 2.09. The van der Waals surface area contributed by atoms with Gasteiger partial charge in [0.05, 0.1) is 25.4 Å². The quantitative estimate of drug-likeness (QED) is 0.0449. The predicted molar refractivity (Wildman–Crippen MR) is 269 cm³/mol. The van der Waals surface area contributed by atoms with Crippen LogP contribution in [0.3, 0.4) is 0 Å². The lowest BCUT2D eigenvalue weighted by molar-refractivity contribution is -0.0113. The second-order valence-corrected chi connectivity index (χ2v) is 16.1. The molecule has 0 aromatic rings. The Labute approximate surface area is 393 Å². The maximum Gasteiger partial charge on any atom is 0.0932 e. The molecule has 0 aliphatic carbocycles. The van der Waals surface area contributed by atoms with Crippen LogP contribution >= 0.6 is 49.6 Å². The molecule has 2 atom stereocenters. The SMILES string of the molecule is CCCCCCCCCCCCCCOCC(CNCCCNCCCNCCCNCC(COCCCCCCCCCCCCCC)OCC)OCC.Cl.Cl.Cl.Cl. The van der Waals surface area contributed by atoms with Gasteiger partial charge in [-0.2, -0.15) is 0 Å². The lowest BCUT2D eigenvalue weighted by Crippen LogP contribution is -2.35. The fraction of sp³-hybridized carbons (Fsp3) is 1.00. The van der Waals surface area contributed by atoms with Crippen molar-refractivity contribution < 1.29 is 18.9 Å². The molecule has 0 aromatic heterocycles. The Hall–Kier alpha value is 0.840. The van der Waals surface area contributed by atoms with Crippen LogP contribution in [0.2, 0.25) is 0 Å². The predicted octanol–water partition coefficient (Wildman–Crippen LogP) is 12.4. The first-order chi connectivity index (χ1) is 27.3. The molecule has 0 bridgehead atoms. The van der Waals surface area contributed by atoms with Crippen molar-refractivity contribution in [1.29, 1.82) is 0 Å².